The molecule has 1 aliphatic heterocycles. The Labute approximate surface area is 76.9 Å². The molecule has 0 aromatic rings. The Kier molecular flexibility index (Phi) is 3.40. The van der Waals surface area contributed by atoms with Gasteiger partial charge in [-0.2, -0.15) is 0 Å². The molecule has 1 rings (SSSR count). The fourth-order valence-corrected chi connectivity index (χ4v) is 2.88. The summed E-state index contributed by atoms with van der Waals surface area (Å²) in [4.78, 5) is 10.5. The van der Waals surface area contributed by atoms with E-state index in [0.717, 1.165) is 6.42 Å². The van der Waals surface area contributed by atoms with Gasteiger partial charge in [-0.3, -0.25) is 0 Å². The summed E-state index contributed by atoms with van der Waals surface area (Å²) in [6.07, 6.45) is 1.08. The smallest absolute Gasteiger partial charge is 0.136 e. The zero-order valence-electron chi connectivity index (χ0n) is 7.45. The molecule has 0 bridgehead atoms. The van der Waals surface area contributed by atoms with E-state index in [9.17, 15) is 9.90 Å². The van der Waals surface area contributed by atoms with Crippen LogP contribution < -0.4 is 10.4 Å². The van der Waals surface area contributed by atoms with E-state index in [2.05, 4.69) is 13.8 Å². The zero-order valence-corrected chi connectivity index (χ0v) is 8.26. The lowest BCUT2D eigenvalue weighted by molar-refractivity contribution is -0.685. The summed E-state index contributed by atoms with van der Waals surface area (Å²) in [6.45, 7) is 4.31. The maximum absolute atomic E-state index is 10.5. The topological polar surface area (TPSA) is 56.7 Å². The maximum Gasteiger partial charge on any atom is 0.136 e. The molecule has 0 saturated carbocycles. The van der Waals surface area contributed by atoms with Crippen LogP contribution in [0, 0.1) is 5.92 Å². The second-order valence-corrected chi connectivity index (χ2v) is 4.89. The minimum absolute atomic E-state index is 0.321. The molecular weight excluding hydrogens is 174 g/mol. The van der Waals surface area contributed by atoms with Crippen LogP contribution in [0.3, 0.4) is 0 Å². The molecule has 12 heavy (non-hydrogen) atoms. The van der Waals surface area contributed by atoms with Crippen molar-refractivity contribution in [1.29, 1.82) is 0 Å². The minimum atomic E-state index is -0.922. The van der Waals surface area contributed by atoms with Gasteiger partial charge < -0.3 is 15.2 Å². The second-order valence-electron chi connectivity index (χ2n) is 3.62. The molecule has 0 unspecified atom stereocenters. The Balaban J connectivity index is 2.30. The first kappa shape index (κ1) is 9.86. The molecule has 70 valence electrons. The standard InChI is InChI=1S/C8H15NO2S/c1-5(2)3-7-9-6(4-12-7)8(10)11/h5-7,9H,3-4H2,1-2H3,(H,10,11)/t6-,7-/m0/s1. The monoisotopic (exact) mass is 189 g/mol. The molecule has 3 nitrogen and oxygen atoms in total. The lowest BCUT2D eigenvalue weighted by atomic mass is 10.1. The van der Waals surface area contributed by atoms with Gasteiger partial charge in [-0.15, -0.1) is 0 Å². The maximum atomic E-state index is 10.5. The third kappa shape index (κ3) is 2.68. The summed E-state index contributed by atoms with van der Waals surface area (Å²) in [5, 5.41) is 12.8. The molecule has 1 saturated heterocycles. The van der Waals surface area contributed by atoms with Gasteiger partial charge in [0.25, 0.3) is 0 Å². The predicted molar refractivity (Wildman–Crippen MR) is 46.4 cm³/mol. The second kappa shape index (κ2) is 4.14. The van der Waals surface area contributed by atoms with Gasteiger partial charge in [0.15, 0.2) is 0 Å². The normalized spacial score (nSPS) is 29.6. The summed E-state index contributed by atoms with van der Waals surface area (Å²) >= 11 is 1.73. The van der Waals surface area contributed by atoms with Crippen LogP contribution in [0.15, 0.2) is 0 Å². The molecular formula is C8H15NO2S. The highest BCUT2D eigenvalue weighted by Gasteiger charge is 2.29. The molecule has 0 spiro atoms. The Hall–Kier alpha value is -0.220. The van der Waals surface area contributed by atoms with Crippen LogP contribution in [0.4, 0.5) is 0 Å². The van der Waals surface area contributed by atoms with E-state index in [4.69, 9.17) is 0 Å². The van der Waals surface area contributed by atoms with E-state index in [1.807, 2.05) is 5.32 Å². The van der Waals surface area contributed by atoms with Crippen molar-refractivity contribution in [3.8, 4) is 0 Å². The summed E-state index contributed by atoms with van der Waals surface area (Å²) in [5.41, 5.74) is 0. The van der Waals surface area contributed by atoms with Crippen molar-refractivity contribution in [1.82, 2.24) is 0 Å². The quantitative estimate of drug-likeness (QED) is 0.606. The molecule has 0 aromatic heterocycles. The fraction of sp³-hybridized carbons (Fsp3) is 0.875. The van der Waals surface area contributed by atoms with Gasteiger partial charge in [-0.25, -0.2) is 0 Å². The molecule has 1 fully saturated rings. The first-order valence-electron chi connectivity index (χ1n) is 4.27. The molecule has 1 aliphatic rings. The summed E-state index contributed by atoms with van der Waals surface area (Å²) in [5.74, 6) is 0.410. The van der Waals surface area contributed by atoms with E-state index in [1.54, 1.807) is 11.8 Å². The van der Waals surface area contributed by atoms with Crippen LogP contribution in [-0.2, 0) is 4.79 Å². The lowest BCUT2D eigenvalue weighted by Gasteiger charge is -2.11. The van der Waals surface area contributed by atoms with Crippen molar-refractivity contribution >= 4 is 17.7 Å². The third-order valence-corrected chi connectivity index (χ3v) is 3.27. The summed E-state index contributed by atoms with van der Waals surface area (Å²) < 4.78 is 0. The summed E-state index contributed by atoms with van der Waals surface area (Å²) in [7, 11) is 0. The molecule has 1 heterocycles. The van der Waals surface area contributed by atoms with Crippen LogP contribution in [0.1, 0.15) is 20.3 Å². The van der Waals surface area contributed by atoms with Crippen LogP contribution in [0.2, 0.25) is 0 Å². The fourth-order valence-electron chi connectivity index (χ4n) is 1.36. The van der Waals surface area contributed by atoms with Crippen molar-refractivity contribution in [2.24, 2.45) is 5.92 Å². The van der Waals surface area contributed by atoms with E-state index >= 15 is 0 Å². The Morgan fingerprint density at radius 1 is 1.75 bits per heavy atom. The number of hydrogen-bond acceptors (Lipinski definition) is 3. The van der Waals surface area contributed by atoms with Gasteiger partial charge in [0.1, 0.15) is 17.4 Å². The molecule has 0 amide bonds. The zero-order chi connectivity index (χ0) is 9.14. The van der Waals surface area contributed by atoms with Crippen molar-refractivity contribution in [3.63, 3.8) is 0 Å². The van der Waals surface area contributed by atoms with E-state index in [-0.39, 0.29) is 6.04 Å². The molecule has 4 heteroatoms. The number of quaternary nitrogens is 1. The number of aliphatic carboxylic acids is 1. The van der Waals surface area contributed by atoms with E-state index < -0.39 is 5.97 Å². The molecule has 2 N–H and O–H groups in total. The van der Waals surface area contributed by atoms with Crippen molar-refractivity contribution < 1.29 is 15.2 Å². The highest BCUT2D eigenvalue weighted by atomic mass is 32.2. The lowest BCUT2D eigenvalue weighted by Crippen LogP contribution is -2.94. The van der Waals surface area contributed by atoms with Crippen molar-refractivity contribution in [3.05, 3.63) is 0 Å². The van der Waals surface area contributed by atoms with Crippen LogP contribution >= 0.6 is 11.8 Å². The van der Waals surface area contributed by atoms with Crippen molar-refractivity contribution in [2.45, 2.75) is 31.7 Å². The Bertz CT molecular complexity index is 172. The third-order valence-electron chi connectivity index (χ3n) is 1.94. The van der Waals surface area contributed by atoms with Crippen LogP contribution in [0.5, 0.6) is 0 Å². The average molecular weight is 189 g/mol. The Morgan fingerprint density at radius 3 is 2.83 bits per heavy atom. The first-order valence-corrected chi connectivity index (χ1v) is 5.32. The van der Waals surface area contributed by atoms with Crippen molar-refractivity contribution in [2.75, 3.05) is 5.75 Å². The number of carbonyl (C=O) groups excluding carboxylic acids is 1. The van der Waals surface area contributed by atoms with Gasteiger partial charge in [-0.1, -0.05) is 25.6 Å². The molecule has 0 radical (unpaired) electrons. The summed E-state index contributed by atoms with van der Waals surface area (Å²) in [6, 6.07) is -0.321. The van der Waals surface area contributed by atoms with Gasteiger partial charge >= 0.3 is 0 Å². The SMILES string of the molecule is CC(C)C[C@H]1[NH2+][C@H](C(=O)[O-])CS1. The number of carbonyl (C=O) groups is 1. The molecule has 0 aromatic carbocycles. The van der Waals surface area contributed by atoms with Gasteiger partial charge in [0, 0.05) is 6.42 Å². The predicted octanol–water partition coefficient (Wildman–Crippen LogP) is -1.21. The number of nitrogens with two attached hydrogens (primary N) is 1. The minimum Gasteiger partial charge on any atom is -0.544 e. The van der Waals surface area contributed by atoms with E-state index in [1.165, 1.54) is 0 Å². The first-order chi connectivity index (χ1) is 5.59. The largest absolute Gasteiger partial charge is 0.544 e. The van der Waals surface area contributed by atoms with Crippen LogP contribution in [-0.4, -0.2) is 23.1 Å². The van der Waals surface area contributed by atoms with Gasteiger partial charge in [-0.05, 0) is 5.92 Å². The molecule has 2 atom stereocenters. The van der Waals surface area contributed by atoms with Gasteiger partial charge in [0.2, 0.25) is 0 Å². The number of carboxylic acids is 1. The number of rotatable bonds is 3. The number of hydrogen-bond donors (Lipinski definition) is 1. The Morgan fingerprint density at radius 2 is 2.42 bits per heavy atom. The van der Waals surface area contributed by atoms with Crippen LogP contribution in [0.25, 0.3) is 0 Å². The van der Waals surface area contributed by atoms with E-state index in [0.29, 0.717) is 17.0 Å². The number of thioether (sulfide) groups is 1. The molecule has 0 aliphatic carbocycles. The number of carboxylic acid groups (broad SMARTS) is 1. The highest BCUT2D eigenvalue weighted by Crippen LogP contribution is 2.18. The average Bonchev–Trinajstić information content (AvgIpc) is 2.34. The highest BCUT2D eigenvalue weighted by molar-refractivity contribution is 7.99. The van der Waals surface area contributed by atoms with Gasteiger partial charge in [0.05, 0.1) is 5.75 Å².